The Balaban J connectivity index is 1.66. The van der Waals surface area contributed by atoms with Gasteiger partial charge in [0.2, 0.25) is 0 Å². The molecule has 0 atom stereocenters. The average molecular weight is 805 g/mol. The Morgan fingerprint density at radius 1 is 0.482 bits per heavy atom. The Hall–Kier alpha value is -6.08. The fourth-order valence-corrected chi connectivity index (χ4v) is 5.22. The first-order valence-corrected chi connectivity index (χ1v) is 15.8. The van der Waals surface area contributed by atoms with Crippen molar-refractivity contribution >= 4 is 46.4 Å². The van der Waals surface area contributed by atoms with E-state index in [1.165, 1.54) is 36.4 Å². The number of benzene rings is 4. The second kappa shape index (κ2) is 16.0. The zero-order valence-corrected chi connectivity index (χ0v) is 28.0. The third-order valence-electron chi connectivity index (χ3n) is 7.62. The molecule has 0 radical (unpaired) electrons. The van der Waals surface area contributed by atoms with E-state index < -0.39 is 97.4 Å². The highest BCUT2D eigenvalue weighted by Crippen LogP contribution is 2.33. The van der Waals surface area contributed by atoms with E-state index in [1.807, 2.05) is 0 Å². The molecule has 0 N–H and O–H groups in total. The molecule has 0 aliphatic carbocycles. The summed E-state index contributed by atoms with van der Waals surface area (Å²) in [5, 5.41) is 0. The normalized spacial score (nSPS) is 15.1. The molecule has 0 spiro atoms. The molecule has 56 heavy (non-hydrogen) atoms. The number of nitrogens with zero attached hydrogens (tertiary/aromatic N) is 4. The number of hydrogen-bond donors (Lipinski definition) is 0. The first kappa shape index (κ1) is 41.1. The van der Waals surface area contributed by atoms with Gasteiger partial charge in [-0.2, -0.15) is 52.7 Å². The van der Waals surface area contributed by atoms with Crippen molar-refractivity contribution < 1.29 is 71.7 Å². The largest absolute Gasteiger partial charge is 0.471 e. The molecule has 296 valence electrons. The van der Waals surface area contributed by atoms with Gasteiger partial charge in [0.15, 0.2) is 0 Å². The number of ether oxygens (including phenoxy) is 2. The van der Waals surface area contributed by atoms with Gasteiger partial charge in [-0.15, -0.1) is 0 Å². The molecular formula is C36H24F12N4O4. The Labute approximate surface area is 308 Å². The SMILES string of the molecule is O=C(N1Cc2cccc(c2)COC(C(F)(F)F)=Nc2cccc(c2)N(C(=O)C(F)(F)F)Cc2cccc(c2)COC(C(F)(F)F)=Nc2cccc1c2)C(F)(F)F. The minimum Gasteiger partial charge on any atom is -0.469 e. The Morgan fingerprint density at radius 3 is 1.16 bits per heavy atom. The summed E-state index contributed by atoms with van der Waals surface area (Å²) in [4.78, 5) is 32.4. The van der Waals surface area contributed by atoms with Gasteiger partial charge in [-0.3, -0.25) is 9.59 Å². The number of carbonyl (C=O) groups excluding carboxylic acids is 2. The number of fused-ring (bicyclic) bond motifs is 8. The molecular weight excluding hydrogens is 780 g/mol. The molecule has 1 aliphatic heterocycles. The number of aliphatic imine (C=N–C) groups is 2. The lowest BCUT2D eigenvalue weighted by Crippen LogP contribution is -2.40. The average Bonchev–Trinajstić information content (AvgIpc) is 3.11. The van der Waals surface area contributed by atoms with Crippen LogP contribution in [0.15, 0.2) is 107 Å². The van der Waals surface area contributed by atoms with Crippen LogP contribution in [-0.2, 0) is 45.4 Å². The first-order valence-electron chi connectivity index (χ1n) is 15.8. The zero-order chi connectivity index (χ0) is 41.1. The van der Waals surface area contributed by atoms with Crippen molar-refractivity contribution in [1.29, 1.82) is 0 Å². The van der Waals surface area contributed by atoms with Crippen molar-refractivity contribution in [3.05, 3.63) is 119 Å². The van der Waals surface area contributed by atoms with E-state index in [1.54, 1.807) is 0 Å². The summed E-state index contributed by atoms with van der Waals surface area (Å²) in [5.41, 5.74) is -2.66. The second-order valence-electron chi connectivity index (χ2n) is 11.9. The van der Waals surface area contributed by atoms with E-state index in [9.17, 15) is 62.3 Å². The predicted octanol–water partition coefficient (Wildman–Crippen LogP) is 9.81. The maximum atomic E-state index is 14.1. The molecule has 4 aromatic rings. The number of halogens is 12. The molecule has 5 rings (SSSR count). The third-order valence-corrected chi connectivity index (χ3v) is 7.62. The van der Waals surface area contributed by atoms with E-state index >= 15 is 0 Å². The molecule has 8 nitrogen and oxygen atoms in total. The van der Waals surface area contributed by atoms with E-state index in [4.69, 9.17) is 9.47 Å². The van der Waals surface area contributed by atoms with Crippen molar-refractivity contribution in [2.75, 3.05) is 9.80 Å². The first-order chi connectivity index (χ1) is 26.1. The lowest BCUT2D eigenvalue weighted by molar-refractivity contribution is -0.170. The van der Waals surface area contributed by atoms with Crippen LogP contribution in [0.25, 0.3) is 0 Å². The highest BCUT2D eigenvalue weighted by atomic mass is 19.4. The Bertz CT molecular complexity index is 1990. The second-order valence-corrected chi connectivity index (χ2v) is 11.9. The summed E-state index contributed by atoms with van der Waals surface area (Å²) in [6, 6.07) is 16.9. The lowest BCUT2D eigenvalue weighted by atomic mass is 10.1. The predicted molar refractivity (Wildman–Crippen MR) is 176 cm³/mol. The van der Waals surface area contributed by atoms with E-state index in [2.05, 4.69) is 9.98 Å². The van der Waals surface area contributed by atoms with Gasteiger partial charge in [0.05, 0.1) is 24.5 Å². The third kappa shape index (κ3) is 10.6. The van der Waals surface area contributed by atoms with E-state index in [0.717, 1.165) is 60.7 Å². The van der Waals surface area contributed by atoms with Crippen LogP contribution in [0.5, 0.6) is 0 Å². The van der Waals surface area contributed by atoms with Gasteiger partial charge in [-0.25, -0.2) is 9.98 Å². The zero-order valence-electron chi connectivity index (χ0n) is 28.0. The van der Waals surface area contributed by atoms with Crippen molar-refractivity contribution in [3.8, 4) is 0 Å². The molecule has 0 fully saturated rings. The molecule has 0 aromatic heterocycles. The summed E-state index contributed by atoms with van der Waals surface area (Å²) in [6.45, 7) is -3.56. The number of amides is 2. The number of rotatable bonds is 0. The Morgan fingerprint density at radius 2 is 0.821 bits per heavy atom. The number of carbonyl (C=O) groups is 2. The molecule has 2 amide bonds. The smallest absolute Gasteiger partial charge is 0.469 e. The standard InChI is InChI=1S/C36H24F12N4O4/c37-33(38,39)29-49-26-10-4-12-28(16-26)52(32(54)36(46,47)48)18-22-6-2-8-24(14-22)20-56-30(34(40,41)42)50-25-9-3-11-27(15-25)51(31(53)35(43,44)45)17-21-5-1-7-23(13-21)19-55-29/h1-16H,17-20H2. The van der Waals surface area contributed by atoms with Crippen LogP contribution in [0.1, 0.15) is 22.3 Å². The highest BCUT2D eigenvalue weighted by molar-refractivity contribution is 5.98. The number of anilines is 2. The number of alkyl halides is 12. The van der Waals surface area contributed by atoms with Crippen molar-refractivity contribution in [2.24, 2.45) is 9.98 Å². The molecule has 20 heteroatoms. The molecule has 0 unspecified atom stereocenters. The maximum Gasteiger partial charge on any atom is 0.471 e. The topological polar surface area (TPSA) is 83.8 Å². The van der Waals surface area contributed by atoms with Gasteiger partial charge < -0.3 is 19.3 Å². The van der Waals surface area contributed by atoms with Crippen LogP contribution in [-0.4, -0.2) is 48.3 Å². The van der Waals surface area contributed by atoms with Crippen LogP contribution in [0.2, 0.25) is 0 Å². The minimum absolute atomic E-state index is 0.0726. The van der Waals surface area contributed by atoms with Crippen molar-refractivity contribution in [1.82, 2.24) is 0 Å². The molecule has 4 aromatic carbocycles. The van der Waals surface area contributed by atoms with Crippen LogP contribution in [0.3, 0.4) is 0 Å². The molecule has 0 saturated carbocycles. The molecule has 0 saturated heterocycles. The van der Waals surface area contributed by atoms with Gasteiger partial charge in [0, 0.05) is 11.4 Å². The van der Waals surface area contributed by atoms with Crippen molar-refractivity contribution in [3.63, 3.8) is 0 Å². The summed E-state index contributed by atoms with van der Waals surface area (Å²) < 4.78 is 177. The van der Waals surface area contributed by atoms with Gasteiger partial charge >= 0.3 is 36.5 Å². The van der Waals surface area contributed by atoms with E-state index in [-0.39, 0.29) is 32.1 Å². The minimum atomic E-state index is -5.48. The monoisotopic (exact) mass is 804 g/mol. The maximum absolute atomic E-state index is 14.1. The van der Waals surface area contributed by atoms with E-state index in [0.29, 0.717) is 0 Å². The van der Waals surface area contributed by atoms with Gasteiger partial charge in [0.1, 0.15) is 13.2 Å². The van der Waals surface area contributed by atoms with Crippen LogP contribution in [0.4, 0.5) is 75.4 Å². The van der Waals surface area contributed by atoms with Gasteiger partial charge in [-0.1, -0.05) is 60.7 Å². The van der Waals surface area contributed by atoms with Gasteiger partial charge in [0.25, 0.3) is 11.8 Å². The van der Waals surface area contributed by atoms with Crippen molar-refractivity contribution in [2.45, 2.75) is 51.0 Å². The van der Waals surface area contributed by atoms with Gasteiger partial charge in [-0.05, 0) is 58.7 Å². The highest BCUT2D eigenvalue weighted by Gasteiger charge is 2.45. The quantitative estimate of drug-likeness (QED) is 0.166. The fraction of sp³-hybridized carbons (Fsp3) is 0.222. The lowest BCUT2D eigenvalue weighted by Gasteiger charge is -2.25. The molecule has 1 heterocycles. The summed E-state index contributed by atoms with van der Waals surface area (Å²) in [5.74, 6) is -8.61. The van der Waals surface area contributed by atoms with Crippen LogP contribution < -0.4 is 9.80 Å². The van der Waals surface area contributed by atoms with Crippen LogP contribution >= 0.6 is 0 Å². The molecule has 8 bridgehead atoms. The van der Waals surface area contributed by atoms with Crippen LogP contribution in [0, 0.1) is 0 Å². The fourth-order valence-electron chi connectivity index (χ4n) is 5.22. The number of hydrogen-bond acceptors (Lipinski definition) is 6. The summed E-state index contributed by atoms with van der Waals surface area (Å²) >= 11 is 0. The summed E-state index contributed by atoms with van der Waals surface area (Å²) in [7, 11) is 0. The Kier molecular flexibility index (Phi) is 11.7. The summed E-state index contributed by atoms with van der Waals surface area (Å²) in [6.07, 6.45) is -21.5. The molecule has 1 aliphatic rings.